The molecule has 1 saturated heterocycles. The summed E-state index contributed by atoms with van der Waals surface area (Å²) in [6.45, 7) is 3.34. The zero-order valence-corrected chi connectivity index (χ0v) is 17.3. The number of aromatic amines is 1. The SMILES string of the molecule is CCCc1cc(N2CCCC3CCCCC32)nc(Nc2ccc3cc[nH]c3c2)n1. The third kappa shape index (κ3) is 3.83. The smallest absolute Gasteiger partial charge is 0.229 e. The number of anilines is 3. The van der Waals surface area contributed by atoms with Crippen LogP contribution in [0.5, 0.6) is 0 Å². The summed E-state index contributed by atoms with van der Waals surface area (Å²) < 4.78 is 0. The molecule has 2 aliphatic rings. The van der Waals surface area contributed by atoms with Crippen molar-refractivity contribution < 1.29 is 0 Å². The summed E-state index contributed by atoms with van der Waals surface area (Å²) >= 11 is 0. The van der Waals surface area contributed by atoms with E-state index in [1.54, 1.807) is 0 Å². The second kappa shape index (κ2) is 8.05. The quantitative estimate of drug-likeness (QED) is 0.578. The zero-order valence-electron chi connectivity index (χ0n) is 17.3. The number of piperidine rings is 1. The van der Waals surface area contributed by atoms with Gasteiger partial charge in [-0.05, 0) is 61.6 Å². The Morgan fingerprint density at radius 2 is 1.97 bits per heavy atom. The average Bonchev–Trinajstić information content (AvgIpc) is 3.21. The van der Waals surface area contributed by atoms with Crippen molar-refractivity contribution in [3.8, 4) is 0 Å². The van der Waals surface area contributed by atoms with E-state index in [-0.39, 0.29) is 0 Å². The van der Waals surface area contributed by atoms with Gasteiger partial charge in [-0.2, -0.15) is 4.98 Å². The van der Waals surface area contributed by atoms with Crippen molar-refractivity contribution in [2.24, 2.45) is 5.92 Å². The minimum absolute atomic E-state index is 0.657. The number of hydrogen-bond donors (Lipinski definition) is 2. The molecular weight excluding hydrogens is 358 g/mol. The minimum Gasteiger partial charge on any atom is -0.361 e. The Bertz CT molecular complexity index is 976. The van der Waals surface area contributed by atoms with E-state index in [9.17, 15) is 0 Å². The van der Waals surface area contributed by atoms with Gasteiger partial charge in [0.2, 0.25) is 5.95 Å². The van der Waals surface area contributed by atoms with Gasteiger partial charge in [-0.1, -0.05) is 32.3 Å². The van der Waals surface area contributed by atoms with Crippen LogP contribution >= 0.6 is 0 Å². The van der Waals surface area contributed by atoms with Gasteiger partial charge >= 0.3 is 0 Å². The van der Waals surface area contributed by atoms with Crippen LogP contribution in [0.4, 0.5) is 17.5 Å². The van der Waals surface area contributed by atoms with Crippen LogP contribution in [-0.2, 0) is 6.42 Å². The fourth-order valence-electron chi connectivity index (χ4n) is 5.23. The van der Waals surface area contributed by atoms with Crippen molar-refractivity contribution in [3.05, 3.63) is 42.2 Å². The highest BCUT2D eigenvalue weighted by atomic mass is 15.3. The molecule has 2 atom stereocenters. The molecule has 2 fully saturated rings. The van der Waals surface area contributed by atoms with E-state index in [1.165, 1.54) is 43.9 Å². The Kier molecular flexibility index (Phi) is 5.13. The number of nitrogens with one attached hydrogen (secondary N) is 2. The predicted molar refractivity (Wildman–Crippen MR) is 120 cm³/mol. The fraction of sp³-hybridized carbons (Fsp3) is 0.500. The maximum Gasteiger partial charge on any atom is 0.229 e. The lowest BCUT2D eigenvalue weighted by Crippen LogP contribution is -2.47. The maximum absolute atomic E-state index is 4.99. The lowest BCUT2D eigenvalue weighted by atomic mass is 9.78. The van der Waals surface area contributed by atoms with Crippen molar-refractivity contribution in [2.75, 3.05) is 16.8 Å². The van der Waals surface area contributed by atoms with Crippen LogP contribution in [0.1, 0.15) is 57.6 Å². The first kappa shape index (κ1) is 18.5. The summed E-state index contributed by atoms with van der Waals surface area (Å²) in [7, 11) is 0. The highest BCUT2D eigenvalue weighted by Crippen LogP contribution is 2.37. The zero-order chi connectivity index (χ0) is 19.6. The monoisotopic (exact) mass is 389 g/mol. The maximum atomic E-state index is 4.99. The number of nitrogens with zero attached hydrogens (tertiary/aromatic N) is 3. The van der Waals surface area contributed by atoms with Crippen LogP contribution in [0.3, 0.4) is 0 Å². The van der Waals surface area contributed by atoms with Crippen molar-refractivity contribution >= 4 is 28.4 Å². The van der Waals surface area contributed by atoms with E-state index in [2.05, 4.69) is 52.5 Å². The van der Waals surface area contributed by atoms with Crippen LogP contribution in [0.2, 0.25) is 0 Å². The Labute approximate surface area is 172 Å². The number of aryl methyl sites for hydroxylation is 1. The normalized spacial score (nSPS) is 21.9. The van der Waals surface area contributed by atoms with Gasteiger partial charge in [-0.15, -0.1) is 0 Å². The van der Waals surface area contributed by atoms with Gasteiger partial charge < -0.3 is 15.2 Å². The van der Waals surface area contributed by atoms with Crippen molar-refractivity contribution in [1.82, 2.24) is 15.0 Å². The molecule has 2 aromatic heterocycles. The lowest BCUT2D eigenvalue weighted by Gasteiger charge is -2.44. The van der Waals surface area contributed by atoms with Gasteiger partial charge in [0.05, 0.1) is 0 Å². The van der Waals surface area contributed by atoms with E-state index in [0.29, 0.717) is 6.04 Å². The van der Waals surface area contributed by atoms with Crippen molar-refractivity contribution in [2.45, 2.75) is 64.3 Å². The number of fused-ring (bicyclic) bond motifs is 2. The lowest BCUT2D eigenvalue weighted by molar-refractivity contribution is 0.242. The molecule has 0 bridgehead atoms. The Morgan fingerprint density at radius 1 is 1.07 bits per heavy atom. The molecule has 5 rings (SSSR count). The summed E-state index contributed by atoms with van der Waals surface area (Å²) in [4.78, 5) is 15.7. The van der Waals surface area contributed by atoms with Crippen LogP contribution in [0.25, 0.3) is 10.9 Å². The van der Waals surface area contributed by atoms with Gasteiger partial charge in [0.15, 0.2) is 0 Å². The first-order chi connectivity index (χ1) is 14.3. The Morgan fingerprint density at radius 3 is 2.90 bits per heavy atom. The van der Waals surface area contributed by atoms with E-state index in [0.717, 1.165) is 54.0 Å². The van der Waals surface area contributed by atoms with E-state index in [4.69, 9.17) is 9.97 Å². The average molecular weight is 390 g/mol. The molecule has 1 aliphatic carbocycles. The highest BCUT2D eigenvalue weighted by molar-refractivity contribution is 5.83. The molecule has 152 valence electrons. The molecule has 1 aliphatic heterocycles. The summed E-state index contributed by atoms with van der Waals surface area (Å²) in [6.07, 6.45) is 12.2. The molecule has 1 saturated carbocycles. The predicted octanol–water partition coefficient (Wildman–Crippen LogP) is 5.81. The third-order valence-electron chi connectivity index (χ3n) is 6.62. The van der Waals surface area contributed by atoms with Crippen molar-refractivity contribution in [1.29, 1.82) is 0 Å². The fourth-order valence-corrected chi connectivity index (χ4v) is 5.23. The Hall–Kier alpha value is -2.56. The topological polar surface area (TPSA) is 56.8 Å². The molecule has 5 nitrogen and oxygen atoms in total. The first-order valence-corrected chi connectivity index (χ1v) is 11.3. The standard InChI is InChI=1S/C24H31N5/c1-2-6-19-16-23(29-14-5-8-18-7-3-4-9-22(18)29)28-24(26-19)27-20-11-10-17-12-13-25-21(17)15-20/h10-13,15-16,18,22,25H,2-9,14H2,1H3,(H,26,27,28). The number of aromatic nitrogens is 3. The number of benzene rings is 1. The van der Waals surface area contributed by atoms with Crippen LogP contribution in [0.15, 0.2) is 36.5 Å². The summed E-state index contributed by atoms with van der Waals surface area (Å²) in [5.74, 6) is 2.67. The van der Waals surface area contributed by atoms with Gasteiger partial charge in [0.1, 0.15) is 5.82 Å². The van der Waals surface area contributed by atoms with Crippen LogP contribution in [0, 0.1) is 5.92 Å². The number of H-pyrrole nitrogens is 1. The van der Waals surface area contributed by atoms with E-state index >= 15 is 0 Å². The minimum atomic E-state index is 0.657. The molecule has 0 radical (unpaired) electrons. The number of hydrogen-bond acceptors (Lipinski definition) is 4. The molecule has 0 amide bonds. The van der Waals surface area contributed by atoms with Crippen molar-refractivity contribution in [3.63, 3.8) is 0 Å². The molecule has 0 spiro atoms. The Balaban J connectivity index is 1.46. The number of rotatable bonds is 5. The van der Waals surface area contributed by atoms with Gasteiger partial charge in [-0.25, -0.2) is 4.98 Å². The molecule has 29 heavy (non-hydrogen) atoms. The molecule has 5 heteroatoms. The largest absolute Gasteiger partial charge is 0.361 e. The van der Waals surface area contributed by atoms with E-state index < -0.39 is 0 Å². The highest BCUT2D eigenvalue weighted by Gasteiger charge is 2.34. The van der Waals surface area contributed by atoms with Gasteiger partial charge in [0, 0.05) is 41.7 Å². The molecule has 3 heterocycles. The summed E-state index contributed by atoms with van der Waals surface area (Å²) in [5.41, 5.74) is 3.29. The van der Waals surface area contributed by atoms with Gasteiger partial charge in [-0.3, -0.25) is 0 Å². The summed E-state index contributed by atoms with van der Waals surface area (Å²) in [6, 6.07) is 11.3. The van der Waals surface area contributed by atoms with Crippen LogP contribution in [-0.4, -0.2) is 27.5 Å². The second-order valence-corrected chi connectivity index (χ2v) is 8.64. The van der Waals surface area contributed by atoms with Crippen LogP contribution < -0.4 is 10.2 Å². The molecule has 3 aromatic rings. The molecular formula is C24H31N5. The second-order valence-electron chi connectivity index (χ2n) is 8.64. The van der Waals surface area contributed by atoms with E-state index in [1.807, 2.05) is 6.20 Å². The third-order valence-corrected chi connectivity index (χ3v) is 6.62. The van der Waals surface area contributed by atoms with Gasteiger partial charge in [0.25, 0.3) is 0 Å². The first-order valence-electron chi connectivity index (χ1n) is 11.3. The summed E-state index contributed by atoms with van der Waals surface area (Å²) in [5, 5.41) is 4.68. The molecule has 1 aromatic carbocycles. The molecule has 2 unspecified atom stereocenters. The molecule has 2 N–H and O–H groups in total.